The molecule has 4 rings (SSSR count). The highest BCUT2D eigenvalue weighted by molar-refractivity contribution is 7.14. The number of thiophene rings is 1. The van der Waals surface area contributed by atoms with Gasteiger partial charge < -0.3 is 5.32 Å². The fourth-order valence-corrected chi connectivity index (χ4v) is 3.45. The number of rotatable bonds is 4. The molecule has 4 heterocycles. The quantitative estimate of drug-likeness (QED) is 0.583. The van der Waals surface area contributed by atoms with E-state index in [1.165, 1.54) is 0 Å². The molecule has 0 bridgehead atoms. The number of pyridine rings is 1. The van der Waals surface area contributed by atoms with E-state index in [-0.39, 0.29) is 0 Å². The van der Waals surface area contributed by atoms with Crippen molar-refractivity contribution in [3.63, 3.8) is 0 Å². The van der Waals surface area contributed by atoms with Crippen molar-refractivity contribution in [2.75, 3.05) is 5.32 Å². The van der Waals surface area contributed by atoms with Crippen LogP contribution in [0, 0.1) is 0 Å². The van der Waals surface area contributed by atoms with Gasteiger partial charge in [0.25, 0.3) is 0 Å². The van der Waals surface area contributed by atoms with Gasteiger partial charge >= 0.3 is 0 Å². The summed E-state index contributed by atoms with van der Waals surface area (Å²) in [5, 5.41) is 15.4. The number of aromatic amines is 1. The van der Waals surface area contributed by atoms with Crippen molar-refractivity contribution in [3.8, 4) is 21.8 Å². The van der Waals surface area contributed by atoms with Crippen molar-refractivity contribution in [3.05, 3.63) is 53.5 Å². The molecule has 0 atom stereocenters. The maximum absolute atomic E-state index is 4.57. The number of nitrogens with zero attached hydrogens (tertiary/aromatic N) is 3. The third-order valence-electron chi connectivity index (χ3n) is 3.05. The van der Waals surface area contributed by atoms with Crippen LogP contribution in [0.25, 0.3) is 21.8 Å². The molecule has 4 aromatic rings. The molecule has 0 saturated carbocycles. The summed E-state index contributed by atoms with van der Waals surface area (Å²) in [5.74, 6) is 0.829. The molecule has 0 spiro atoms. The minimum atomic E-state index is 0.820. The number of H-pyrrole nitrogens is 1. The summed E-state index contributed by atoms with van der Waals surface area (Å²) < 4.78 is 0. The minimum Gasteiger partial charge on any atom is -0.317 e. The Hall–Kier alpha value is -2.51. The fourth-order valence-electron chi connectivity index (χ4n) is 2.03. The first-order chi connectivity index (χ1) is 10.9. The van der Waals surface area contributed by atoms with Crippen molar-refractivity contribution >= 4 is 33.6 Å². The second kappa shape index (κ2) is 5.70. The van der Waals surface area contributed by atoms with Crippen molar-refractivity contribution in [2.45, 2.75) is 0 Å². The van der Waals surface area contributed by atoms with Gasteiger partial charge in [0.05, 0.1) is 10.6 Å². The van der Waals surface area contributed by atoms with E-state index in [2.05, 4.69) is 31.5 Å². The summed E-state index contributed by atoms with van der Waals surface area (Å²) in [7, 11) is 0. The zero-order chi connectivity index (χ0) is 14.8. The van der Waals surface area contributed by atoms with E-state index in [4.69, 9.17) is 0 Å². The van der Waals surface area contributed by atoms with Gasteiger partial charge in [-0.2, -0.15) is 5.10 Å². The molecule has 2 N–H and O–H groups in total. The number of anilines is 2. The van der Waals surface area contributed by atoms with Gasteiger partial charge in [0.2, 0.25) is 0 Å². The molecule has 22 heavy (non-hydrogen) atoms. The zero-order valence-electron chi connectivity index (χ0n) is 11.4. The van der Waals surface area contributed by atoms with Gasteiger partial charge in [-0.15, -0.1) is 22.7 Å². The normalized spacial score (nSPS) is 10.7. The number of thiazole rings is 1. The Bertz CT molecular complexity index is 864. The summed E-state index contributed by atoms with van der Waals surface area (Å²) in [6, 6.07) is 9.95. The lowest BCUT2D eigenvalue weighted by Crippen LogP contribution is -1.89. The molecular weight excluding hydrogens is 314 g/mol. The summed E-state index contributed by atoms with van der Waals surface area (Å²) in [6.07, 6.45) is 3.57. The number of hydrogen-bond acceptors (Lipinski definition) is 6. The van der Waals surface area contributed by atoms with Crippen LogP contribution in [0.5, 0.6) is 0 Å². The van der Waals surface area contributed by atoms with Crippen molar-refractivity contribution < 1.29 is 0 Å². The molecule has 4 aromatic heterocycles. The summed E-state index contributed by atoms with van der Waals surface area (Å²) in [5.41, 5.74) is 2.86. The molecule has 108 valence electrons. The maximum Gasteiger partial charge on any atom is 0.188 e. The van der Waals surface area contributed by atoms with E-state index in [1.54, 1.807) is 28.9 Å². The molecule has 0 aromatic carbocycles. The Morgan fingerprint density at radius 3 is 2.91 bits per heavy atom. The van der Waals surface area contributed by atoms with E-state index in [9.17, 15) is 0 Å². The van der Waals surface area contributed by atoms with Crippen LogP contribution >= 0.6 is 22.7 Å². The highest BCUT2D eigenvalue weighted by Crippen LogP contribution is 2.28. The van der Waals surface area contributed by atoms with Crippen molar-refractivity contribution in [2.24, 2.45) is 0 Å². The molecule has 5 nitrogen and oxygen atoms in total. The van der Waals surface area contributed by atoms with Crippen molar-refractivity contribution in [1.82, 2.24) is 20.2 Å². The number of aromatic nitrogens is 4. The molecule has 0 amide bonds. The first kappa shape index (κ1) is 13.2. The zero-order valence-corrected chi connectivity index (χ0v) is 13.0. The third kappa shape index (κ3) is 2.63. The topological polar surface area (TPSA) is 66.5 Å². The van der Waals surface area contributed by atoms with Crippen molar-refractivity contribution in [1.29, 1.82) is 0 Å². The van der Waals surface area contributed by atoms with Gasteiger partial charge in [0.1, 0.15) is 11.5 Å². The molecule has 0 unspecified atom stereocenters. The Labute approximate surface area is 134 Å². The lowest BCUT2D eigenvalue weighted by atomic mass is 10.2. The Morgan fingerprint density at radius 2 is 2.09 bits per heavy atom. The van der Waals surface area contributed by atoms with Gasteiger partial charge in [0.15, 0.2) is 5.13 Å². The molecule has 0 fully saturated rings. The number of nitrogens with one attached hydrogen (secondary N) is 2. The van der Waals surface area contributed by atoms with E-state index in [0.29, 0.717) is 0 Å². The highest BCUT2D eigenvalue weighted by Gasteiger charge is 2.08. The second-order valence-electron chi connectivity index (χ2n) is 4.55. The highest BCUT2D eigenvalue weighted by atomic mass is 32.1. The summed E-state index contributed by atoms with van der Waals surface area (Å²) in [4.78, 5) is 9.82. The molecule has 0 radical (unpaired) electrons. The van der Waals surface area contributed by atoms with Crippen LogP contribution < -0.4 is 5.32 Å². The monoisotopic (exact) mass is 325 g/mol. The third-order valence-corrected chi connectivity index (χ3v) is 4.70. The standard InChI is InChI=1S/C15H11N5S2/c1-3-10(8-16-5-1)12-9-22-15(17-12)18-14-7-11(19-20-14)13-4-2-6-21-13/h1-9H,(H2,17,18,19,20). The molecule has 7 heteroatoms. The van der Waals surface area contributed by atoms with Crippen LogP contribution in [-0.2, 0) is 0 Å². The lowest BCUT2D eigenvalue weighted by molar-refractivity contribution is 1.10. The summed E-state index contributed by atoms with van der Waals surface area (Å²) in [6.45, 7) is 0. The van der Waals surface area contributed by atoms with Gasteiger partial charge in [0, 0.05) is 29.4 Å². The van der Waals surface area contributed by atoms with E-state index >= 15 is 0 Å². The molecule has 0 saturated heterocycles. The molecular formula is C15H11N5S2. The van der Waals surface area contributed by atoms with Crippen LogP contribution in [0.15, 0.2) is 53.5 Å². The predicted molar refractivity (Wildman–Crippen MR) is 90.5 cm³/mol. The molecule has 0 aliphatic rings. The largest absolute Gasteiger partial charge is 0.317 e. The van der Waals surface area contributed by atoms with Gasteiger partial charge in [-0.1, -0.05) is 6.07 Å². The van der Waals surface area contributed by atoms with Gasteiger partial charge in [-0.25, -0.2) is 4.98 Å². The number of hydrogen-bond donors (Lipinski definition) is 2. The van der Waals surface area contributed by atoms with E-state index in [1.807, 2.05) is 41.2 Å². The minimum absolute atomic E-state index is 0.820. The first-order valence-corrected chi connectivity index (χ1v) is 8.37. The maximum atomic E-state index is 4.57. The predicted octanol–water partition coefficient (Wildman–Crippen LogP) is 4.40. The Kier molecular flexibility index (Phi) is 3.42. The Morgan fingerprint density at radius 1 is 1.09 bits per heavy atom. The fraction of sp³-hybridized carbons (Fsp3) is 0. The summed E-state index contributed by atoms with van der Waals surface area (Å²) >= 11 is 3.22. The van der Waals surface area contributed by atoms with Crippen LogP contribution in [-0.4, -0.2) is 20.2 Å². The second-order valence-corrected chi connectivity index (χ2v) is 6.35. The van der Waals surface area contributed by atoms with Gasteiger partial charge in [-0.3, -0.25) is 10.1 Å². The van der Waals surface area contributed by atoms with Gasteiger partial charge in [-0.05, 0) is 23.6 Å². The van der Waals surface area contributed by atoms with Crippen LogP contribution in [0.4, 0.5) is 10.9 Å². The van der Waals surface area contributed by atoms with E-state index in [0.717, 1.165) is 32.8 Å². The van der Waals surface area contributed by atoms with E-state index < -0.39 is 0 Å². The average molecular weight is 325 g/mol. The van der Waals surface area contributed by atoms with Crippen LogP contribution in [0.3, 0.4) is 0 Å². The average Bonchev–Trinajstić information content (AvgIpc) is 3.30. The van der Waals surface area contributed by atoms with Crippen LogP contribution in [0.1, 0.15) is 0 Å². The smallest absolute Gasteiger partial charge is 0.188 e. The molecule has 0 aliphatic heterocycles. The SMILES string of the molecule is c1cncc(-c2csc(Nc3cc(-c4cccs4)n[nH]3)n2)c1. The Balaban J connectivity index is 1.54. The molecule has 0 aliphatic carbocycles. The van der Waals surface area contributed by atoms with Crippen LogP contribution in [0.2, 0.25) is 0 Å². The lowest BCUT2D eigenvalue weighted by Gasteiger charge is -1.97. The first-order valence-electron chi connectivity index (χ1n) is 6.61.